The van der Waals surface area contributed by atoms with Crippen LogP contribution in [0.2, 0.25) is 0 Å². The average molecular weight is 241 g/mol. The molecular formula is C12H17ClN2O. The first-order valence-corrected chi connectivity index (χ1v) is 5.36. The Morgan fingerprint density at radius 2 is 2.06 bits per heavy atom. The van der Waals surface area contributed by atoms with E-state index in [4.69, 9.17) is 5.73 Å². The second-order valence-corrected chi connectivity index (χ2v) is 3.98. The molecule has 88 valence electrons. The van der Waals surface area contributed by atoms with Gasteiger partial charge in [0.25, 0.3) is 0 Å². The van der Waals surface area contributed by atoms with Crippen molar-refractivity contribution in [1.82, 2.24) is 5.32 Å². The van der Waals surface area contributed by atoms with E-state index < -0.39 is 0 Å². The standard InChI is InChI=1S/C12H16N2O.ClH/c13-8-12(15)14-11-6-5-9-3-1-2-4-10(9)7-11;/h1-4,11H,5-8,13H2,(H,14,15);1H. The van der Waals surface area contributed by atoms with Crippen molar-refractivity contribution in [1.29, 1.82) is 0 Å². The highest BCUT2D eigenvalue weighted by molar-refractivity contribution is 5.85. The number of benzene rings is 1. The normalized spacial score (nSPS) is 18.2. The Hall–Kier alpha value is -1.06. The lowest BCUT2D eigenvalue weighted by Crippen LogP contribution is -2.41. The molecule has 0 heterocycles. The number of rotatable bonds is 2. The summed E-state index contributed by atoms with van der Waals surface area (Å²) < 4.78 is 0. The van der Waals surface area contributed by atoms with E-state index in [1.165, 1.54) is 11.1 Å². The Kier molecular flexibility index (Phi) is 4.77. The van der Waals surface area contributed by atoms with E-state index in [1.54, 1.807) is 0 Å². The summed E-state index contributed by atoms with van der Waals surface area (Å²) in [6.07, 6.45) is 3.00. The number of carbonyl (C=O) groups excluding carboxylic acids is 1. The molecule has 0 saturated heterocycles. The molecule has 3 nitrogen and oxygen atoms in total. The molecule has 0 bridgehead atoms. The average Bonchev–Trinajstić information content (AvgIpc) is 2.29. The Balaban J connectivity index is 0.00000128. The van der Waals surface area contributed by atoms with Gasteiger partial charge in [-0.2, -0.15) is 0 Å². The van der Waals surface area contributed by atoms with Crippen molar-refractivity contribution in [2.75, 3.05) is 6.54 Å². The molecule has 0 aromatic heterocycles. The van der Waals surface area contributed by atoms with Gasteiger partial charge in [0.15, 0.2) is 0 Å². The van der Waals surface area contributed by atoms with Crippen molar-refractivity contribution in [2.45, 2.75) is 25.3 Å². The van der Waals surface area contributed by atoms with Crippen molar-refractivity contribution in [3.8, 4) is 0 Å². The van der Waals surface area contributed by atoms with E-state index >= 15 is 0 Å². The molecule has 1 aromatic carbocycles. The molecule has 4 heteroatoms. The molecule has 1 atom stereocenters. The van der Waals surface area contributed by atoms with Gasteiger partial charge in [0, 0.05) is 6.04 Å². The third kappa shape index (κ3) is 2.97. The molecule has 1 unspecified atom stereocenters. The summed E-state index contributed by atoms with van der Waals surface area (Å²) in [5.74, 6) is -0.0561. The first-order valence-electron chi connectivity index (χ1n) is 5.36. The van der Waals surface area contributed by atoms with Crippen molar-refractivity contribution in [2.24, 2.45) is 5.73 Å². The molecule has 1 aliphatic rings. The van der Waals surface area contributed by atoms with E-state index in [2.05, 4.69) is 23.5 Å². The van der Waals surface area contributed by atoms with Gasteiger partial charge >= 0.3 is 0 Å². The van der Waals surface area contributed by atoms with Crippen LogP contribution in [0, 0.1) is 0 Å². The van der Waals surface area contributed by atoms with Gasteiger partial charge in [-0.1, -0.05) is 24.3 Å². The maximum atomic E-state index is 11.2. The molecule has 0 saturated carbocycles. The molecule has 0 aliphatic heterocycles. The minimum Gasteiger partial charge on any atom is -0.352 e. The second kappa shape index (κ2) is 5.87. The second-order valence-electron chi connectivity index (χ2n) is 3.98. The highest BCUT2D eigenvalue weighted by Crippen LogP contribution is 2.20. The summed E-state index contributed by atoms with van der Waals surface area (Å²) >= 11 is 0. The van der Waals surface area contributed by atoms with Gasteiger partial charge in [-0.3, -0.25) is 4.79 Å². The number of hydrogen-bond acceptors (Lipinski definition) is 2. The maximum Gasteiger partial charge on any atom is 0.233 e. The summed E-state index contributed by atoms with van der Waals surface area (Å²) in [6, 6.07) is 8.67. The molecular weight excluding hydrogens is 224 g/mol. The number of hydrogen-bond donors (Lipinski definition) is 2. The van der Waals surface area contributed by atoms with E-state index in [0.717, 1.165) is 19.3 Å². The maximum absolute atomic E-state index is 11.2. The first-order chi connectivity index (χ1) is 7.29. The van der Waals surface area contributed by atoms with Crippen LogP contribution in [0.3, 0.4) is 0 Å². The number of nitrogens with two attached hydrogens (primary N) is 1. The third-order valence-corrected chi connectivity index (χ3v) is 2.90. The van der Waals surface area contributed by atoms with Crippen molar-refractivity contribution < 1.29 is 4.79 Å². The van der Waals surface area contributed by atoms with Crippen LogP contribution in [0.15, 0.2) is 24.3 Å². The number of halogens is 1. The Morgan fingerprint density at radius 1 is 1.38 bits per heavy atom. The highest BCUT2D eigenvalue weighted by Gasteiger charge is 2.18. The lowest BCUT2D eigenvalue weighted by atomic mass is 9.88. The fraction of sp³-hybridized carbons (Fsp3) is 0.417. The SMILES string of the molecule is Cl.NCC(=O)NC1CCc2ccccc2C1. The summed E-state index contributed by atoms with van der Waals surface area (Å²) in [6.45, 7) is 0.0815. The highest BCUT2D eigenvalue weighted by atomic mass is 35.5. The number of nitrogens with one attached hydrogen (secondary N) is 1. The van der Waals surface area contributed by atoms with E-state index in [9.17, 15) is 4.79 Å². The topological polar surface area (TPSA) is 55.1 Å². The zero-order chi connectivity index (χ0) is 10.7. The molecule has 0 radical (unpaired) electrons. The van der Waals surface area contributed by atoms with Crippen molar-refractivity contribution in [3.05, 3.63) is 35.4 Å². The molecule has 1 aliphatic carbocycles. The fourth-order valence-corrected chi connectivity index (χ4v) is 2.11. The van der Waals surface area contributed by atoms with Crippen LogP contribution in [0.4, 0.5) is 0 Å². The van der Waals surface area contributed by atoms with Crippen LogP contribution in [0.5, 0.6) is 0 Å². The molecule has 2 rings (SSSR count). The van der Waals surface area contributed by atoms with Gasteiger partial charge < -0.3 is 11.1 Å². The quantitative estimate of drug-likeness (QED) is 0.812. The Bertz CT molecular complexity index is 368. The summed E-state index contributed by atoms with van der Waals surface area (Å²) in [7, 11) is 0. The predicted octanol–water partition coefficient (Wildman–Crippen LogP) is 1.04. The minimum atomic E-state index is -0.0561. The third-order valence-electron chi connectivity index (χ3n) is 2.90. The van der Waals surface area contributed by atoms with Gasteiger partial charge in [-0.25, -0.2) is 0 Å². The molecule has 3 N–H and O–H groups in total. The van der Waals surface area contributed by atoms with Gasteiger partial charge in [-0.15, -0.1) is 12.4 Å². The smallest absolute Gasteiger partial charge is 0.233 e. The zero-order valence-electron chi connectivity index (χ0n) is 9.11. The fourth-order valence-electron chi connectivity index (χ4n) is 2.11. The van der Waals surface area contributed by atoms with Crippen LogP contribution in [-0.2, 0) is 17.6 Å². The Labute approximate surface area is 102 Å². The van der Waals surface area contributed by atoms with Gasteiger partial charge in [0.05, 0.1) is 6.54 Å². The van der Waals surface area contributed by atoms with Crippen molar-refractivity contribution in [3.63, 3.8) is 0 Å². The van der Waals surface area contributed by atoms with Crippen LogP contribution >= 0.6 is 12.4 Å². The lowest BCUT2D eigenvalue weighted by Gasteiger charge is -2.25. The predicted molar refractivity (Wildman–Crippen MR) is 66.7 cm³/mol. The van der Waals surface area contributed by atoms with Crippen LogP contribution in [0.25, 0.3) is 0 Å². The van der Waals surface area contributed by atoms with Crippen LogP contribution in [-0.4, -0.2) is 18.5 Å². The van der Waals surface area contributed by atoms with Crippen molar-refractivity contribution >= 4 is 18.3 Å². The molecule has 0 fully saturated rings. The summed E-state index contributed by atoms with van der Waals surface area (Å²) in [5.41, 5.74) is 8.04. The van der Waals surface area contributed by atoms with Gasteiger partial charge in [0.2, 0.25) is 5.91 Å². The molecule has 0 spiro atoms. The van der Waals surface area contributed by atoms with Crippen LogP contribution < -0.4 is 11.1 Å². The van der Waals surface area contributed by atoms with E-state index in [-0.39, 0.29) is 30.9 Å². The molecule has 16 heavy (non-hydrogen) atoms. The largest absolute Gasteiger partial charge is 0.352 e. The number of fused-ring (bicyclic) bond motifs is 1. The number of aryl methyl sites for hydroxylation is 1. The molecule has 1 aromatic rings. The number of amides is 1. The summed E-state index contributed by atoms with van der Waals surface area (Å²) in [4.78, 5) is 11.2. The van der Waals surface area contributed by atoms with E-state index in [1.807, 2.05) is 6.07 Å². The van der Waals surface area contributed by atoms with Gasteiger partial charge in [0.1, 0.15) is 0 Å². The number of carbonyl (C=O) groups is 1. The monoisotopic (exact) mass is 240 g/mol. The summed E-state index contributed by atoms with van der Waals surface area (Å²) in [5, 5.41) is 2.95. The molecule has 1 amide bonds. The van der Waals surface area contributed by atoms with Gasteiger partial charge in [-0.05, 0) is 30.4 Å². The van der Waals surface area contributed by atoms with E-state index in [0.29, 0.717) is 0 Å². The van der Waals surface area contributed by atoms with Crippen LogP contribution in [0.1, 0.15) is 17.5 Å². The zero-order valence-corrected chi connectivity index (χ0v) is 9.93. The lowest BCUT2D eigenvalue weighted by molar-refractivity contribution is -0.120. The Morgan fingerprint density at radius 3 is 2.75 bits per heavy atom. The first kappa shape index (κ1) is 13.0. The minimum absolute atomic E-state index is 0.